The third-order valence-electron chi connectivity index (χ3n) is 3.04. The van der Waals surface area contributed by atoms with E-state index in [1.165, 1.54) is 0 Å². The number of hydrogen-bond acceptors (Lipinski definition) is 3. The van der Waals surface area contributed by atoms with Crippen LogP contribution in [0.2, 0.25) is 0 Å². The van der Waals surface area contributed by atoms with Gasteiger partial charge in [-0.05, 0) is 12.8 Å². The quantitative estimate of drug-likeness (QED) is 0.725. The molecule has 0 radical (unpaired) electrons. The summed E-state index contributed by atoms with van der Waals surface area (Å²) in [6, 6.07) is 0. The highest BCUT2D eigenvalue weighted by atomic mass is 79.9. The first-order chi connectivity index (χ1) is 8.74. The topological polar surface area (TPSA) is 36.3 Å². The highest BCUT2D eigenvalue weighted by molar-refractivity contribution is 9.09. The lowest BCUT2D eigenvalue weighted by Crippen LogP contribution is -2.52. The normalized spacial score (nSPS) is 26.9. The zero-order valence-electron chi connectivity index (χ0n) is 11.0. The minimum absolute atomic E-state index is 0.153. The van der Waals surface area contributed by atoms with Crippen LogP contribution in [0.25, 0.3) is 0 Å². The molecule has 102 valence electrons. The summed E-state index contributed by atoms with van der Waals surface area (Å²) < 4.78 is 13.6. The second kappa shape index (κ2) is 6.57. The average molecular weight is 317 g/mol. The summed E-state index contributed by atoms with van der Waals surface area (Å²) in [5, 5.41) is 4.26. The molecule has 0 aliphatic heterocycles. The maximum atomic E-state index is 5.92. The van der Waals surface area contributed by atoms with Crippen molar-refractivity contribution in [1.82, 2.24) is 9.78 Å². The van der Waals surface area contributed by atoms with Crippen LogP contribution in [0, 0.1) is 0 Å². The summed E-state index contributed by atoms with van der Waals surface area (Å²) in [5.74, 6) is 0.845. The fourth-order valence-corrected chi connectivity index (χ4v) is 2.90. The van der Waals surface area contributed by atoms with Crippen molar-refractivity contribution in [3.8, 4) is 5.75 Å². The summed E-state index contributed by atoms with van der Waals surface area (Å²) in [6.07, 6.45) is 7.18. The van der Waals surface area contributed by atoms with E-state index in [0.717, 1.165) is 38.2 Å². The number of alkyl halides is 1. The van der Waals surface area contributed by atoms with E-state index in [1.807, 2.05) is 10.9 Å². The van der Waals surface area contributed by atoms with Gasteiger partial charge in [0, 0.05) is 24.4 Å². The van der Waals surface area contributed by atoms with Crippen LogP contribution in [-0.4, -0.2) is 33.4 Å². The molecule has 0 bridgehead atoms. The van der Waals surface area contributed by atoms with Crippen molar-refractivity contribution in [3.05, 3.63) is 12.4 Å². The SMILES string of the molecule is CCCOC1C(Br)CC1Oc1cnn(CCC)c1. The standard InChI is InChI=1S/C13H21BrN2O2/c1-3-5-16-9-10(8-15-16)18-12-7-11(14)13(12)17-6-4-2/h8-9,11-13H,3-7H2,1-2H3. The van der Waals surface area contributed by atoms with Crippen LogP contribution >= 0.6 is 15.9 Å². The van der Waals surface area contributed by atoms with Crippen LogP contribution in [-0.2, 0) is 11.3 Å². The second-order valence-corrected chi connectivity index (χ2v) is 5.86. The maximum Gasteiger partial charge on any atom is 0.157 e. The van der Waals surface area contributed by atoms with E-state index in [1.54, 1.807) is 6.20 Å². The molecule has 1 saturated carbocycles. The highest BCUT2D eigenvalue weighted by Crippen LogP contribution is 2.34. The van der Waals surface area contributed by atoms with Gasteiger partial charge in [-0.25, -0.2) is 0 Å². The van der Waals surface area contributed by atoms with Crippen molar-refractivity contribution in [1.29, 1.82) is 0 Å². The minimum Gasteiger partial charge on any atom is -0.484 e. The van der Waals surface area contributed by atoms with E-state index in [4.69, 9.17) is 9.47 Å². The zero-order valence-corrected chi connectivity index (χ0v) is 12.6. The Morgan fingerprint density at radius 2 is 2.28 bits per heavy atom. The molecule has 3 atom stereocenters. The number of nitrogens with zero attached hydrogens (tertiary/aromatic N) is 2. The fourth-order valence-electron chi connectivity index (χ4n) is 2.04. The molecule has 18 heavy (non-hydrogen) atoms. The molecule has 0 amide bonds. The van der Waals surface area contributed by atoms with Gasteiger partial charge in [-0.15, -0.1) is 0 Å². The Hall–Kier alpha value is -0.550. The molecule has 0 spiro atoms. The minimum atomic E-state index is 0.153. The summed E-state index contributed by atoms with van der Waals surface area (Å²) in [4.78, 5) is 0.416. The number of aromatic nitrogens is 2. The first kappa shape index (κ1) is 13.9. The molecular formula is C13H21BrN2O2. The zero-order chi connectivity index (χ0) is 13.0. The molecule has 0 aromatic carbocycles. The first-order valence-electron chi connectivity index (χ1n) is 6.69. The molecule has 1 aliphatic carbocycles. The lowest BCUT2D eigenvalue weighted by Gasteiger charge is -2.40. The number of halogens is 1. The molecule has 1 aliphatic rings. The van der Waals surface area contributed by atoms with E-state index in [2.05, 4.69) is 34.9 Å². The smallest absolute Gasteiger partial charge is 0.157 e. The number of hydrogen-bond donors (Lipinski definition) is 0. The third kappa shape index (κ3) is 3.26. The van der Waals surface area contributed by atoms with Gasteiger partial charge in [0.15, 0.2) is 5.75 Å². The molecule has 5 heteroatoms. The Balaban J connectivity index is 1.84. The molecule has 0 N–H and O–H groups in total. The Morgan fingerprint density at radius 1 is 1.44 bits per heavy atom. The van der Waals surface area contributed by atoms with E-state index < -0.39 is 0 Å². The Bertz CT molecular complexity index is 370. The van der Waals surface area contributed by atoms with E-state index in [-0.39, 0.29) is 12.2 Å². The molecule has 4 nitrogen and oxygen atoms in total. The van der Waals surface area contributed by atoms with Gasteiger partial charge in [0.05, 0.1) is 12.4 Å². The summed E-state index contributed by atoms with van der Waals surface area (Å²) in [6.45, 7) is 5.98. The Kier molecular flexibility index (Phi) is 5.06. The number of aryl methyl sites for hydroxylation is 1. The molecule has 1 heterocycles. The number of rotatable bonds is 7. The lowest BCUT2D eigenvalue weighted by atomic mass is 9.91. The van der Waals surface area contributed by atoms with Crippen LogP contribution in [0.1, 0.15) is 33.1 Å². The van der Waals surface area contributed by atoms with E-state index in [9.17, 15) is 0 Å². The number of ether oxygens (including phenoxy) is 2. The largest absolute Gasteiger partial charge is 0.484 e. The van der Waals surface area contributed by atoms with Crippen LogP contribution in [0.5, 0.6) is 5.75 Å². The Labute approximate surface area is 117 Å². The van der Waals surface area contributed by atoms with E-state index >= 15 is 0 Å². The predicted molar refractivity (Wildman–Crippen MR) is 74.3 cm³/mol. The Morgan fingerprint density at radius 3 is 2.94 bits per heavy atom. The highest BCUT2D eigenvalue weighted by Gasteiger charge is 2.42. The van der Waals surface area contributed by atoms with Crippen molar-refractivity contribution < 1.29 is 9.47 Å². The van der Waals surface area contributed by atoms with Gasteiger partial charge in [-0.2, -0.15) is 5.10 Å². The first-order valence-corrected chi connectivity index (χ1v) is 7.61. The van der Waals surface area contributed by atoms with Crippen LogP contribution in [0.4, 0.5) is 0 Å². The van der Waals surface area contributed by atoms with Crippen molar-refractivity contribution >= 4 is 15.9 Å². The third-order valence-corrected chi connectivity index (χ3v) is 3.94. The molecule has 1 aromatic heterocycles. The lowest BCUT2D eigenvalue weighted by molar-refractivity contribution is -0.0762. The molecular weight excluding hydrogens is 296 g/mol. The molecule has 2 rings (SSSR count). The summed E-state index contributed by atoms with van der Waals surface area (Å²) in [7, 11) is 0. The molecule has 1 aromatic rings. The molecule has 1 fully saturated rings. The van der Waals surface area contributed by atoms with Gasteiger partial charge >= 0.3 is 0 Å². The monoisotopic (exact) mass is 316 g/mol. The van der Waals surface area contributed by atoms with Gasteiger partial charge in [0.25, 0.3) is 0 Å². The van der Waals surface area contributed by atoms with Gasteiger partial charge in [0.1, 0.15) is 12.2 Å². The van der Waals surface area contributed by atoms with Crippen molar-refractivity contribution in [3.63, 3.8) is 0 Å². The van der Waals surface area contributed by atoms with Crippen molar-refractivity contribution in [2.75, 3.05) is 6.61 Å². The van der Waals surface area contributed by atoms with E-state index in [0.29, 0.717) is 4.83 Å². The maximum absolute atomic E-state index is 5.92. The van der Waals surface area contributed by atoms with Crippen LogP contribution in [0.15, 0.2) is 12.4 Å². The predicted octanol–water partition coefficient (Wildman–Crippen LogP) is 3.00. The average Bonchev–Trinajstić information content (AvgIpc) is 2.77. The molecule has 0 saturated heterocycles. The van der Waals surface area contributed by atoms with Crippen molar-refractivity contribution in [2.24, 2.45) is 0 Å². The van der Waals surface area contributed by atoms with Crippen LogP contribution < -0.4 is 4.74 Å². The fraction of sp³-hybridized carbons (Fsp3) is 0.769. The second-order valence-electron chi connectivity index (χ2n) is 4.68. The van der Waals surface area contributed by atoms with Gasteiger partial charge in [-0.3, -0.25) is 4.68 Å². The van der Waals surface area contributed by atoms with Gasteiger partial charge in [0.2, 0.25) is 0 Å². The summed E-state index contributed by atoms with van der Waals surface area (Å²) >= 11 is 3.61. The van der Waals surface area contributed by atoms with Gasteiger partial charge in [-0.1, -0.05) is 29.8 Å². The summed E-state index contributed by atoms with van der Waals surface area (Å²) in [5.41, 5.74) is 0. The molecule has 3 unspecified atom stereocenters. The van der Waals surface area contributed by atoms with Crippen molar-refractivity contribution in [2.45, 2.75) is 56.7 Å². The van der Waals surface area contributed by atoms with Gasteiger partial charge < -0.3 is 9.47 Å². The van der Waals surface area contributed by atoms with Crippen LogP contribution in [0.3, 0.4) is 0 Å².